The third kappa shape index (κ3) is 4.21. The maximum Gasteiger partial charge on any atom is 0.231 e. The highest BCUT2D eigenvalue weighted by molar-refractivity contribution is 5.72. The first-order chi connectivity index (χ1) is 13.5. The van der Waals surface area contributed by atoms with Crippen LogP contribution in [0.2, 0.25) is 0 Å². The van der Waals surface area contributed by atoms with E-state index in [-0.39, 0.29) is 11.3 Å². The third-order valence-electron chi connectivity index (χ3n) is 5.52. The number of carbonyl (C=O) groups is 1. The second-order valence-corrected chi connectivity index (χ2v) is 8.13. The second kappa shape index (κ2) is 7.70. The van der Waals surface area contributed by atoms with Gasteiger partial charge in [-0.25, -0.2) is 4.98 Å². The van der Waals surface area contributed by atoms with Crippen LogP contribution in [0.15, 0.2) is 36.5 Å². The summed E-state index contributed by atoms with van der Waals surface area (Å²) in [6.45, 7) is 6.71. The molecule has 2 aliphatic heterocycles. The maximum absolute atomic E-state index is 11.1. The summed E-state index contributed by atoms with van der Waals surface area (Å²) in [5.41, 5.74) is 2.48. The van der Waals surface area contributed by atoms with Gasteiger partial charge in [0, 0.05) is 32.8 Å². The van der Waals surface area contributed by atoms with E-state index in [2.05, 4.69) is 40.3 Å². The summed E-state index contributed by atoms with van der Waals surface area (Å²) in [6, 6.07) is 10.4. The molecule has 1 aromatic carbocycles. The molecule has 1 unspecified atom stereocenters. The molecule has 0 spiro atoms. The average molecular weight is 381 g/mol. The summed E-state index contributed by atoms with van der Waals surface area (Å²) in [4.78, 5) is 18.1. The first kappa shape index (κ1) is 18.6. The molecule has 6 heteroatoms. The molecule has 2 aromatic rings. The van der Waals surface area contributed by atoms with Crippen LogP contribution in [0.1, 0.15) is 37.8 Å². The molecule has 1 atom stereocenters. The molecule has 0 saturated carbocycles. The van der Waals surface area contributed by atoms with E-state index in [1.807, 2.05) is 18.3 Å². The van der Waals surface area contributed by atoms with E-state index >= 15 is 0 Å². The lowest BCUT2D eigenvalue weighted by Gasteiger charge is -2.41. The van der Waals surface area contributed by atoms with Gasteiger partial charge < -0.3 is 19.7 Å². The van der Waals surface area contributed by atoms with Gasteiger partial charge >= 0.3 is 0 Å². The number of benzene rings is 1. The number of rotatable bonds is 5. The number of fused-ring (bicyclic) bond motifs is 1. The number of nitrogens with zero attached hydrogens (tertiary/aromatic N) is 2. The van der Waals surface area contributed by atoms with Gasteiger partial charge in [0.05, 0.1) is 0 Å². The Morgan fingerprint density at radius 3 is 2.82 bits per heavy atom. The monoisotopic (exact) mass is 381 g/mol. The molecule has 1 N–H and O–H groups in total. The summed E-state index contributed by atoms with van der Waals surface area (Å²) in [7, 11) is 0. The molecule has 4 rings (SSSR count). The van der Waals surface area contributed by atoms with Crippen LogP contribution in [0.3, 0.4) is 0 Å². The highest BCUT2D eigenvalue weighted by Gasteiger charge is 2.32. The normalized spacial score (nSPS) is 20.9. The van der Waals surface area contributed by atoms with Gasteiger partial charge in [-0.2, -0.15) is 0 Å². The van der Waals surface area contributed by atoms with Crippen molar-refractivity contribution in [1.29, 1.82) is 0 Å². The Labute approximate surface area is 165 Å². The molecule has 3 heterocycles. The van der Waals surface area contributed by atoms with Crippen molar-refractivity contribution in [2.24, 2.45) is 5.41 Å². The lowest BCUT2D eigenvalue weighted by molar-refractivity contribution is -0.119. The van der Waals surface area contributed by atoms with Gasteiger partial charge in [0.1, 0.15) is 5.82 Å². The van der Waals surface area contributed by atoms with E-state index in [1.54, 1.807) is 0 Å². The fourth-order valence-corrected chi connectivity index (χ4v) is 4.13. The van der Waals surface area contributed by atoms with E-state index < -0.39 is 0 Å². The van der Waals surface area contributed by atoms with Gasteiger partial charge in [0.2, 0.25) is 12.7 Å². The Kier molecular flexibility index (Phi) is 5.11. The Morgan fingerprint density at radius 1 is 1.21 bits per heavy atom. The maximum atomic E-state index is 11.1. The molecule has 28 heavy (non-hydrogen) atoms. The molecule has 2 aliphatic rings. The van der Waals surface area contributed by atoms with Crippen LogP contribution in [-0.4, -0.2) is 30.8 Å². The highest BCUT2D eigenvalue weighted by atomic mass is 16.7. The van der Waals surface area contributed by atoms with Crippen LogP contribution in [-0.2, 0) is 17.8 Å². The largest absolute Gasteiger partial charge is 0.454 e. The van der Waals surface area contributed by atoms with E-state index in [0.29, 0.717) is 13.3 Å². The van der Waals surface area contributed by atoms with Crippen molar-refractivity contribution in [2.45, 2.75) is 39.7 Å². The molecule has 0 aliphatic carbocycles. The van der Waals surface area contributed by atoms with Crippen molar-refractivity contribution < 1.29 is 14.3 Å². The quantitative estimate of drug-likeness (QED) is 0.861. The predicted molar refractivity (Wildman–Crippen MR) is 108 cm³/mol. The molecule has 0 bridgehead atoms. The molecule has 6 nitrogen and oxygen atoms in total. The number of nitrogens with one attached hydrogen (secondary N) is 1. The standard InChI is InChI=1S/C22H27N3O3/c1-16(26)23-12-18-5-7-21(24-13-18)25-9-3-8-22(2,14-25)11-17-4-6-19-20(10-17)28-15-27-19/h4-7,10,13H,3,8-9,11-12,14-15H2,1-2H3,(H,23,26). The minimum atomic E-state index is -0.0283. The van der Waals surface area contributed by atoms with Gasteiger partial charge in [-0.05, 0) is 54.0 Å². The first-order valence-corrected chi connectivity index (χ1v) is 9.84. The fraction of sp³-hybridized carbons (Fsp3) is 0.455. The number of carbonyl (C=O) groups excluding carboxylic acids is 1. The highest BCUT2D eigenvalue weighted by Crippen LogP contribution is 2.38. The van der Waals surface area contributed by atoms with Crippen molar-refractivity contribution in [1.82, 2.24) is 10.3 Å². The number of ether oxygens (including phenoxy) is 2. The minimum Gasteiger partial charge on any atom is -0.454 e. The number of hydrogen-bond donors (Lipinski definition) is 1. The van der Waals surface area contributed by atoms with Crippen LogP contribution >= 0.6 is 0 Å². The third-order valence-corrected chi connectivity index (χ3v) is 5.52. The summed E-state index contributed by atoms with van der Waals surface area (Å²) >= 11 is 0. The average Bonchev–Trinajstić information content (AvgIpc) is 3.14. The molecule has 1 fully saturated rings. The Balaban J connectivity index is 1.42. The molecule has 1 aromatic heterocycles. The van der Waals surface area contributed by atoms with Crippen molar-refractivity contribution in [3.8, 4) is 11.5 Å². The van der Waals surface area contributed by atoms with Crippen molar-refractivity contribution >= 4 is 11.7 Å². The van der Waals surface area contributed by atoms with Gasteiger partial charge in [-0.15, -0.1) is 0 Å². The van der Waals surface area contributed by atoms with Gasteiger partial charge in [0.25, 0.3) is 0 Å². The van der Waals surface area contributed by atoms with Crippen LogP contribution in [0.4, 0.5) is 5.82 Å². The summed E-state index contributed by atoms with van der Waals surface area (Å²) in [5.74, 6) is 2.66. The van der Waals surface area contributed by atoms with E-state index in [0.717, 1.165) is 48.8 Å². The summed E-state index contributed by atoms with van der Waals surface area (Å²) < 4.78 is 11.0. The van der Waals surface area contributed by atoms with E-state index in [1.165, 1.54) is 18.9 Å². The van der Waals surface area contributed by atoms with E-state index in [9.17, 15) is 4.79 Å². The Morgan fingerprint density at radius 2 is 2.04 bits per heavy atom. The molecule has 148 valence electrons. The smallest absolute Gasteiger partial charge is 0.231 e. The first-order valence-electron chi connectivity index (χ1n) is 9.84. The summed E-state index contributed by atoms with van der Waals surface area (Å²) in [6.07, 6.45) is 5.20. The lowest BCUT2D eigenvalue weighted by atomic mass is 9.77. The molecular formula is C22H27N3O3. The van der Waals surface area contributed by atoms with Crippen LogP contribution in [0, 0.1) is 5.41 Å². The van der Waals surface area contributed by atoms with Gasteiger partial charge in [-0.1, -0.05) is 19.1 Å². The zero-order chi connectivity index (χ0) is 19.6. The second-order valence-electron chi connectivity index (χ2n) is 8.13. The predicted octanol–water partition coefficient (Wildman–Crippen LogP) is 3.30. The van der Waals surface area contributed by atoms with Gasteiger partial charge in [-0.3, -0.25) is 4.79 Å². The SMILES string of the molecule is CC(=O)NCc1ccc(N2CCCC(C)(Cc3ccc4c(c3)OCO4)C2)nc1. The molecule has 1 saturated heterocycles. The van der Waals surface area contributed by atoms with Crippen LogP contribution < -0.4 is 19.7 Å². The summed E-state index contributed by atoms with van der Waals surface area (Å²) in [5, 5.41) is 2.81. The number of pyridine rings is 1. The lowest BCUT2D eigenvalue weighted by Crippen LogP contribution is -2.43. The van der Waals surface area contributed by atoms with Gasteiger partial charge in [0.15, 0.2) is 11.5 Å². The molecule has 0 radical (unpaired) electrons. The topological polar surface area (TPSA) is 63.7 Å². The minimum absolute atomic E-state index is 0.0283. The Hall–Kier alpha value is -2.76. The zero-order valence-corrected chi connectivity index (χ0v) is 16.5. The van der Waals surface area contributed by atoms with Crippen molar-refractivity contribution in [3.05, 3.63) is 47.7 Å². The molecular weight excluding hydrogens is 354 g/mol. The molecule has 1 amide bonds. The van der Waals surface area contributed by atoms with E-state index in [4.69, 9.17) is 9.47 Å². The van der Waals surface area contributed by atoms with Crippen LogP contribution in [0.5, 0.6) is 11.5 Å². The number of piperidine rings is 1. The zero-order valence-electron chi connectivity index (χ0n) is 16.5. The fourth-order valence-electron chi connectivity index (χ4n) is 4.13. The number of amides is 1. The number of hydrogen-bond acceptors (Lipinski definition) is 5. The van der Waals surface area contributed by atoms with Crippen molar-refractivity contribution in [2.75, 3.05) is 24.8 Å². The van der Waals surface area contributed by atoms with Crippen molar-refractivity contribution in [3.63, 3.8) is 0 Å². The number of aromatic nitrogens is 1. The Bertz CT molecular complexity index is 853. The number of anilines is 1. The van der Waals surface area contributed by atoms with Crippen LogP contribution in [0.25, 0.3) is 0 Å².